The second-order valence-electron chi connectivity index (χ2n) is 7.34. The lowest BCUT2D eigenvalue weighted by Crippen LogP contribution is -2.36. The van der Waals surface area contributed by atoms with Crippen LogP contribution in [0, 0.1) is 6.92 Å². The predicted octanol–water partition coefficient (Wildman–Crippen LogP) is 3.76. The lowest BCUT2D eigenvalue weighted by atomic mass is 10.1. The minimum atomic E-state index is 0.524. The van der Waals surface area contributed by atoms with Crippen LogP contribution in [0.3, 0.4) is 0 Å². The van der Waals surface area contributed by atoms with Gasteiger partial charge in [0.1, 0.15) is 6.26 Å². The Bertz CT molecular complexity index is 1130. The number of hydrogen-bond acceptors (Lipinski definition) is 4. The molecule has 2 N–H and O–H groups in total. The molecule has 0 amide bonds. The summed E-state index contributed by atoms with van der Waals surface area (Å²) in [6.07, 6.45) is 7.25. The molecule has 0 unspecified atom stereocenters. The lowest BCUT2D eigenvalue weighted by Gasteiger charge is -2.12. The monoisotopic (exact) mass is 414 g/mol. The summed E-state index contributed by atoms with van der Waals surface area (Å²) in [5, 5.41) is 6.63. The molecule has 0 aliphatic carbocycles. The second-order valence-corrected chi connectivity index (χ2v) is 7.34. The standard InChI is InChI=1S/C24H26N6O/c1-18-6-8-21(9-7-18)23-29-22(16-31-23)14-28-24(25-2)27-13-19-4-3-5-20(12-19)15-30-11-10-26-17-30/h3-12,16-17H,13-15H2,1-2H3,(H2,25,27,28). The van der Waals surface area contributed by atoms with Gasteiger partial charge < -0.3 is 19.6 Å². The third-order valence-corrected chi connectivity index (χ3v) is 4.89. The maximum atomic E-state index is 5.62. The van der Waals surface area contributed by atoms with Crippen molar-refractivity contribution in [3.8, 4) is 11.5 Å². The van der Waals surface area contributed by atoms with E-state index >= 15 is 0 Å². The number of imidazole rings is 1. The highest BCUT2D eigenvalue weighted by Gasteiger charge is 2.07. The molecule has 0 radical (unpaired) electrons. The van der Waals surface area contributed by atoms with Crippen LogP contribution in [-0.2, 0) is 19.6 Å². The van der Waals surface area contributed by atoms with E-state index in [0.29, 0.717) is 24.9 Å². The third kappa shape index (κ3) is 5.60. The van der Waals surface area contributed by atoms with Gasteiger partial charge in [0.2, 0.25) is 5.89 Å². The summed E-state index contributed by atoms with van der Waals surface area (Å²) in [6, 6.07) is 16.6. The third-order valence-electron chi connectivity index (χ3n) is 4.89. The molecule has 4 rings (SSSR count). The molecule has 2 heterocycles. The van der Waals surface area contributed by atoms with Gasteiger partial charge in [-0.3, -0.25) is 4.99 Å². The van der Waals surface area contributed by atoms with E-state index in [1.54, 1.807) is 19.5 Å². The Morgan fingerprint density at radius 2 is 1.87 bits per heavy atom. The average molecular weight is 415 g/mol. The molecule has 0 spiro atoms. The number of nitrogens with one attached hydrogen (secondary N) is 2. The fourth-order valence-corrected chi connectivity index (χ4v) is 3.23. The lowest BCUT2D eigenvalue weighted by molar-refractivity contribution is 0.572. The van der Waals surface area contributed by atoms with E-state index in [1.165, 1.54) is 16.7 Å². The quantitative estimate of drug-likeness (QED) is 0.356. The van der Waals surface area contributed by atoms with E-state index in [-0.39, 0.29) is 0 Å². The van der Waals surface area contributed by atoms with Crippen molar-refractivity contribution in [2.75, 3.05) is 7.05 Å². The average Bonchev–Trinajstić information content (AvgIpc) is 3.47. The maximum Gasteiger partial charge on any atom is 0.226 e. The highest BCUT2D eigenvalue weighted by Crippen LogP contribution is 2.19. The van der Waals surface area contributed by atoms with E-state index in [1.807, 2.05) is 36.8 Å². The second kappa shape index (κ2) is 9.75. The van der Waals surface area contributed by atoms with Gasteiger partial charge in [-0.1, -0.05) is 42.0 Å². The summed E-state index contributed by atoms with van der Waals surface area (Å²) in [5.74, 6) is 1.33. The van der Waals surface area contributed by atoms with Crippen LogP contribution >= 0.6 is 0 Å². The zero-order chi connectivity index (χ0) is 21.5. The number of hydrogen-bond donors (Lipinski definition) is 2. The van der Waals surface area contributed by atoms with E-state index in [9.17, 15) is 0 Å². The first-order valence-corrected chi connectivity index (χ1v) is 10.2. The number of benzene rings is 2. The van der Waals surface area contributed by atoms with Crippen molar-refractivity contribution >= 4 is 5.96 Å². The molecule has 0 aliphatic heterocycles. The number of aromatic nitrogens is 3. The van der Waals surface area contributed by atoms with Crippen LogP contribution in [-0.4, -0.2) is 27.5 Å². The van der Waals surface area contributed by atoms with Gasteiger partial charge in [-0.25, -0.2) is 9.97 Å². The minimum absolute atomic E-state index is 0.524. The summed E-state index contributed by atoms with van der Waals surface area (Å²) < 4.78 is 7.68. The Balaban J connectivity index is 1.30. The number of guanidine groups is 1. The zero-order valence-corrected chi connectivity index (χ0v) is 17.7. The Hall–Kier alpha value is -3.87. The molecule has 4 aromatic rings. The number of oxazole rings is 1. The smallest absolute Gasteiger partial charge is 0.226 e. The number of nitrogens with zero attached hydrogens (tertiary/aromatic N) is 4. The van der Waals surface area contributed by atoms with Gasteiger partial charge in [0, 0.05) is 38.1 Å². The fraction of sp³-hybridized carbons (Fsp3) is 0.208. The molecule has 0 fully saturated rings. The molecule has 0 saturated heterocycles. The predicted molar refractivity (Wildman–Crippen MR) is 121 cm³/mol. The summed E-state index contributed by atoms with van der Waals surface area (Å²) in [6.45, 7) is 4.06. The molecule has 7 heteroatoms. The molecular weight excluding hydrogens is 388 g/mol. The summed E-state index contributed by atoms with van der Waals surface area (Å²) in [4.78, 5) is 13.0. The highest BCUT2D eigenvalue weighted by molar-refractivity contribution is 5.79. The largest absolute Gasteiger partial charge is 0.444 e. The molecule has 0 saturated carbocycles. The van der Waals surface area contributed by atoms with Crippen molar-refractivity contribution in [2.45, 2.75) is 26.6 Å². The van der Waals surface area contributed by atoms with Crippen LogP contribution in [0.15, 0.2) is 82.9 Å². The number of aryl methyl sites for hydroxylation is 1. The Morgan fingerprint density at radius 1 is 1.06 bits per heavy atom. The van der Waals surface area contributed by atoms with Crippen molar-refractivity contribution in [3.63, 3.8) is 0 Å². The van der Waals surface area contributed by atoms with Gasteiger partial charge in [-0.05, 0) is 30.2 Å². The minimum Gasteiger partial charge on any atom is -0.444 e. The summed E-state index contributed by atoms with van der Waals surface area (Å²) in [7, 11) is 1.76. The van der Waals surface area contributed by atoms with E-state index < -0.39 is 0 Å². The Labute approximate surface area is 181 Å². The van der Waals surface area contributed by atoms with Crippen molar-refractivity contribution in [1.82, 2.24) is 25.2 Å². The van der Waals surface area contributed by atoms with Gasteiger partial charge in [0.05, 0.1) is 18.6 Å². The molecular formula is C24H26N6O. The molecule has 0 atom stereocenters. The van der Waals surface area contributed by atoms with Gasteiger partial charge in [-0.15, -0.1) is 0 Å². The van der Waals surface area contributed by atoms with Crippen LogP contribution in [0.4, 0.5) is 0 Å². The SMILES string of the molecule is CN=C(NCc1cccc(Cn2ccnc2)c1)NCc1coc(-c2ccc(C)cc2)n1. The zero-order valence-electron chi connectivity index (χ0n) is 17.7. The van der Waals surface area contributed by atoms with Gasteiger partial charge >= 0.3 is 0 Å². The number of rotatable bonds is 7. The normalized spacial score (nSPS) is 11.5. The van der Waals surface area contributed by atoms with E-state index in [2.05, 4.69) is 61.4 Å². The molecule has 0 aliphatic rings. The van der Waals surface area contributed by atoms with Crippen molar-refractivity contribution in [1.29, 1.82) is 0 Å². The molecule has 31 heavy (non-hydrogen) atoms. The first kappa shape index (κ1) is 20.4. The van der Waals surface area contributed by atoms with Crippen LogP contribution in [0.25, 0.3) is 11.5 Å². The Morgan fingerprint density at radius 3 is 2.65 bits per heavy atom. The van der Waals surface area contributed by atoms with E-state index in [0.717, 1.165) is 17.8 Å². The van der Waals surface area contributed by atoms with Crippen LogP contribution in [0.2, 0.25) is 0 Å². The number of aliphatic imine (C=N–C) groups is 1. The first-order chi connectivity index (χ1) is 15.2. The van der Waals surface area contributed by atoms with Crippen LogP contribution < -0.4 is 10.6 Å². The Kier molecular flexibility index (Phi) is 6.42. The van der Waals surface area contributed by atoms with Gasteiger partial charge in [0.25, 0.3) is 0 Å². The fourth-order valence-electron chi connectivity index (χ4n) is 3.23. The van der Waals surface area contributed by atoms with Crippen LogP contribution in [0.1, 0.15) is 22.4 Å². The molecule has 0 bridgehead atoms. The molecule has 158 valence electrons. The molecule has 2 aromatic carbocycles. The van der Waals surface area contributed by atoms with Crippen molar-refractivity contribution < 1.29 is 4.42 Å². The molecule has 2 aromatic heterocycles. The topological polar surface area (TPSA) is 80.3 Å². The van der Waals surface area contributed by atoms with Gasteiger partial charge in [-0.2, -0.15) is 0 Å². The first-order valence-electron chi connectivity index (χ1n) is 10.2. The van der Waals surface area contributed by atoms with Crippen molar-refractivity contribution in [2.24, 2.45) is 4.99 Å². The molecule has 7 nitrogen and oxygen atoms in total. The highest BCUT2D eigenvalue weighted by atomic mass is 16.3. The summed E-state index contributed by atoms with van der Waals surface area (Å²) in [5.41, 5.74) is 5.41. The summed E-state index contributed by atoms with van der Waals surface area (Å²) >= 11 is 0. The van der Waals surface area contributed by atoms with Crippen LogP contribution in [0.5, 0.6) is 0 Å². The van der Waals surface area contributed by atoms with Gasteiger partial charge in [0.15, 0.2) is 5.96 Å². The van der Waals surface area contributed by atoms with E-state index in [4.69, 9.17) is 4.42 Å². The maximum absolute atomic E-state index is 5.62. The van der Waals surface area contributed by atoms with Crippen molar-refractivity contribution in [3.05, 3.63) is 95.9 Å².